The van der Waals surface area contributed by atoms with Gasteiger partial charge >= 0.3 is 5.97 Å². The molecule has 1 atom stereocenters. The van der Waals surface area contributed by atoms with Crippen LogP contribution < -0.4 is 14.8 Å². The number of nitrogens with zero attached hydrogens (tertiary/aromatic N) is 1. The summed E-state index contributed by atoms with van der Waals surface area (Å²) in [5.41, 5.74) is 0.727. The number of rotatable bonds is 5. The number of hydrogen-bond acceptors (Lipinski definition) is 6. The van der Waals surface area contributed by atoms with Crippen molar-refractivity contribution < 1.29 is 23.8 Å². The first kappa shape index (κ1) is 19.0. The Morgan fingerprint density at radius 2 is 2.04 bits per heavy atom. The van der Waals surface area contributed by atoms with Crippen molar-refractivity contribution in [3.63, 3.8) is 0 Å². The molecule has 27 heavy (non-hydrogen) atoms. The Morgan fingerprint density at radius 1 is 1.26 bits per heavy atom. The highest BCUT2D eigenvalue weighted by Gasteiger charge is 2.18. The topological polar surface area (TPSA) is 86.8 Å². The summed E-state index contributed by atoms with van der Waals surface area (Å²) in [6, 6.07) is 6.68. The predicted molar refractivity (Wildman–Crippen MR) is 100 cm³/mol. The van der Waals surface area contributed by atoms with Gasteiger partial charge in [0.1, 0.15) is 0 Å². The number of amides is 1. The van der Waals surface area contributed by atoms with Crippen molar-refractivity contribution in [2.75, 3.05) is 12.1 Å². The molecular formula is C18H14Cl2N2O5. The maximum Gasteiger partial charge on any atom is 0.331 e. The summed E-state index contributed by atoms with van der Waals surface area (Å²) >= 11 is 11.7. The summed E-state index contributed by atoms with van der Waals surface area (Å²) in [4.78, 5) is 27.9. The molecule has 0 saturated heterocycles. The standard InChI is InChI=1S/C18H14Cl2N2O5/c1-10(18(24)22-17-13(20)7-12(19)8-21-17)27-16(23)5-3-11-2-4-14-15(6-11)26-9-25-14/h2-8,10H,9H2,1H3,(H,21,22,24)/b5-3+. The number of esters is 1. The molecule has 140 valence electrons. The summed E-state index contributed by atoms with van der Waals surface area (Å²) in [7, 11) is 0. The number of nitrogens with one attached hydrogen (secondary N) is 1. The SMILES string of the molecule is CC(OC(=O)/C=C/c1ccc2c(c1)OCO2)C(=O)Nc1ncc(Cl)cc1Cl. The number of pyridine rings is 1. The van der Waals surface area contributed by atoms with E-state index in [-0.39, 0.29) is 17.6 Å². The molecule has 1 aliphatic rings. The molecule has 0 spiro atoms. The van der Waals surface area contributed by atoms with Crippen molar-refractivity contribution in [2.45, 2.75) is 13.0 Å². The number of halogens is 2. The van der Waals surface area contributed by atoms with E-state index in [2.05, 4.69) is 10.3 Å². The average molecular weight is 409 g/mol. The fourth-order valence-corrected chi connectivity index (χ4v) is 2.60. The monoisotopic (exact) mass is 408 g/mol. The molecular weight excluding hydrogens is 395 g/mol. The molecule has 0 saturated carbocycles. The minimum atomic E-state index is -1.05. The smallest absolute Gasteiger partial charge is 0.331 e. The summed E-state index contributed by atoms with van der Waals surface area (Å²) < 4.78 is 15.6. The lowest BCUT2D eigenvalue weighted by atomic mass is 10.2. The van der Waals surface area contributed by atoms with E-state index in [0.717, 1.165) is 5.56 Å². The Bertz CT molecular complexity index is 917. The molecule has 1 unspecified atom stereocenters. The van der Waals surface area contributed by atoms with E-state index in [1.807, 2.05) is 0 Å². The van der Waals surface area contributed by atoms with Crippen LogP contribution in [0.1, 0.15) is 12.5 Å². The number of fused-ring (bicyclic) bond motifs is 1. The highest BCUT2D eigenvalue weighted by Crippen LogP contribution is 2.32. The van der Waals surface area contributed by atoms with E-state index in [4.69, 9.17) is 37.4 Å². The normalized spacial score (nSPS) is 13.4. The largest absolute Gasteiger partial charge is 0.454 e. The summed E-state index contributed by atoms with van der Waals surface area (Å²) in [5, 5.41) is 2.99. The van der Waals surface area contributed by atoms with Gasteiger partial charge in [-0.05, 0) is 36.8 Å². The van der Waals surface area contributed by atoms with Gasteiger partial charge in [0, 0.05) is 12.3 Å². The Hall–Kier alpha value is -2.77. The van der Waals surface area contributed by atoms with Crippen LogP contribution in [0.2, 0.25) is 10.0 Å². The second kappa shape index (κ2) is 8.28. The molecule has 9 heteroatoms. The van der Waals surface area contributed by atoms with E-state index in [1.54, 1.807) is 24.3 Å². The quantitative estimate of drug-likeness (QED) is 0.599. The van der Waals surface area contributed by atoms with Crippen LogP contribution in [-0.4, -0.2) is 29.8 Å². The number of carbonyl (C=O) groups excluding carboxylic acids is 2. The number of carbonyl (C=O) groups is 2. The second-order valence-corrected chi connectivity index (χ2v) is 6.34. The molecule has 1 aliphatic heterocycles. The highest BCUT2D eigenvalue weighted by molar-refractivity contribution is 6.36. The summed E-state index contributed by atoms with van der Waals surface area (Å²) in [6.07, 6.45) is 3.06. The Kier molecular flexibility index (Phi) is 5.83. The van der Waals surface area contributed by atoms with E-state index in [9.17, 15) is 9.59 Å². The molecule has 0 aliphatic carbocycles. The molecule has 1 amide bonds. The van der Waals surface area contributed by atoms with E-state index in [0.29, 0.717) is 16.5 Å². The minimum Gasteiger partial charge on any atom is -0.454 e. The number of ether oxygens (including phenoxy) is 3. The fourth-order valence-electron chi connectivity index (χ4n) is 2.17. The molecule has 7 nitrogen and oxygen atoms in total. The van der Waals surface area contributed by atoms with Gasteiger partial charge in [-0.15, -0.1) is 0 Å². The molecule has 0 radical (unpaired) electrons. The maximum absolute atomic E-state index is 12.1. The highest BCUT2D eigenvalue weighted by atomic mass is 35.5. The van der Waals surface area contributed by atoms with E-state index >= 15 is 0 Å². The van der Waals surface area contributed by atoms with Gasteiger partial charge in [-0.3, -0.25) is 4.79 Å². The lowest BCUT2D eigenvalue weighted by Crippen LogP contribution is -2.29. The van der Waals surface area contributed by atoms with Crippen LogP contribution in [0.4, 0.5) is 5.82 Å². The Labute approximate surface area is 164 Å². The van der Waals surface area contributed by atoms with Crippen LogP contribution in [0.3, 0.4) is 0 Å². The van der Waals surface area contributed by atoms with Crippen molar-refractivity contribution in [3.8, 4) is 11.5 Å². The Morgan fingerprint density at radius 3 is 2.81 bits per heavy atom. The van der Waals surface area contributed by atoms with E-state index in [1.165, 1.54) is 25.3 Å². The van der Waals surface area contributed by atoms with Gasteiger partial charge in [0.2, 0.25) is 6.79 Å². The Balaban J connectivity index is 1.55. The van der Waals surface area contributed by atoms with Gasteiger partial charge in [0.05, 0.1) is 10.0 Å². The molecule has 3 rings (SSSR count). The van der Waals surface area contributed by atoms with Gasteiger partial charge in [0.25, 0.3) is 5.91 Å². The van der Waals surface area contributed by atoms with Crippen molar-refractivity contribution in [3.05, 3.63) is 52.1 Å². The zero-order chi connectivity index (χ0) is 19.4. The van der Waals surface area contributed by atoms with Gasteiger partial charge in [0.15, 0.2) is 23.4 Å². The van der Waals surface area contributed by atoms with Crippen LogP contribution in [0, 0.1) is 0 Å². The van der Waals surface area contributed by atoms with Gasteiger partial charge in [-0.25, -0.2) is 9.78 Å². The van der Waals surface area contributed by atoms with Crippen molar-refractivity contribution in [1.82, 2.24) is 4.98 Å². The fraction of sp³-hybridized carbons (Fsp3) is 0.167. The van der Waals surface area contributed by atoms with Crippen molar-refractivity contribution in [2.24, 2.45) is 0 Å². The molecule has 1 N–H and O–H groups in total. The minimum absolute atomic E-state index is 0.130. The zero-order valence-corrected chi connectivity index (χ0v) is 15.6. The first-order valence-electron chi connectivity index (χ1n) is 7.82. The summed E-state index contributed by atoms with van der Waals surface area (Å²) in [5.74, 6) is 0.131. The third kappa shape index (κ3) is 4.90. The lowest BCUT2D eigenvalue weighted by molar-refractivity contribution is -0.148. The van der Waals surface area contributed by atoms with Crippen molar-refractivity contribution in [1.29, 1.82) is 0 Å². The van der Waals surface area contributed by atoms with Gasteiger partial charge in [-0.1, -0.05) is 29.3 Å². The molecule has 0 fully saturated rings. The third-order valence-electron chi connectivity index (χ3n) is 3.52. The molecule has 2 heterocycles. The number of aromatic nitrogens is 1. The first-order chi connectivity index (χ1) is 12.9. The summed E-state index contributed by atoms with van der Waals surface area (Å²) in [6.45, 7) is 1.61. The molecule has 2 aromatic rings. The van der Waals surface area contributed by atoms with Gasteiger partial charge < -0.3 is 19.5 Å². The third-order valence-corrected chi connectivity index (χ3v) is 4.01. The average Bonchev–Trinajstić information content (AvgIpc) is 3.10. The zero-order valence-electron chi connectivity index (χ0n) is 14.1. The second-order valence-electron chi connectivity index (χ2n) is 5.50. The molecule has 1 aromatic carbocycles. The maximum atomic E-state index is 12.1. The van der Waals surface area contributed by atoms with Crippen LogP contribution >= 0.6 is 23.2 Å². The van der Waals surface area contributed by atoms with Crippen LogP contribution in [0.5, 0.6) is 11.5 Å². The number of anilines is 1. The number of hydrogen-bond donors (Lipinski definition) is 1. The van der Waals surface area contributed by atoms with Crippen molar-refractivity contribution >= 4 is 47.0 Å². The van der Waals surface area contributed by atoms with E-state index < -0.39 is 18.0 Å². The van der Waals surface area contributed by atoms with Crippen LogP contribution in [-0.2, 0) is 14.3 Å². The van der Waals surface area contributed by atoms with Gasteiger partial charge in [-0.2, -0.15) is 0 Å². The van der Waals surface area contributed by atoms with Crippen LogP contribution in [0.15, 0.2) is 36.5 Å². The molecule has 0 bridgehead atoms. The molecule has 1 aromatic heterocycles. The lowest BCUT2D eigenvalue weighted by Gasteiger charge is -2.12. The first-order valence-corrected chi connectivity index (χ1v) is 8.58. The number of benzene rings is 1. The predicted octanol–water partition coefficient (Wildman–Crippen LogP) is 3.70. The van der Waals surface area contributed by atoms with Crippen LogP contribution in [0.25, 0.3) is 6.08 Å².